The molecule has 0 aliphatic heterocycles. The Balaban J connectivity index is 1.87. The average Bonchev–Trinajstić information content (AvgIpc) is 3.18. The molecule has 0 atom stereocenters. The van der Waals surface area contributed by atoms with Crippen LogP contribution in [-0.4, -0.2) is 25.0 Å². The first-order chi connectivity index (χ1) is 9.55. The predicted octanol–water partition coefficient (Wildman–Crippen LogP) is 1.93. The lowest BCUT2D eigenvalue weighted by Gasteiger charge is -2.16. The fraction of sp³-hybridized carbons (Fsp3) is 0.467. The molecule has 1 aromatic carbocycles. The number of amides is 1. The minimum Gasteiger partial charge on any atom is -0.466 e. The number of carbonyl (C=O) groups excluding carboxylic acids is 2. The third kappa shape index (κ3) is 3.56. The second-order valence-corrected chi connectivity index (χ2v) is 5.05. The van der Waals surface area contributed by atoms with E-state index in [2.05, 4.69) is 5.32 Å². The number of nitrogens with one attached hydrogen (secondary N) is 1. The first-order valence-corrected chi connectivity index (χ1v) is 6.74. The second kappa shape index (κ2) is 6.03. The van der Waals surface area contributed by atoms with Crippen molar-refractivity contribution in [3.8, 4) is 0 Å². The van der Waals surface area contributed by atoms with Crippen molar-refractivity contribution in [2.24, 2.45) is 0 Å². The Kier molecular flexibility index (Phi) is 4.37. The molecule has 0 heterocycles. The van der Waals surface area contributed by atoms with Crippen molar-refractivity contribution in [3.63, 3.8) is 0 Å². The monoisotopic (exact) mass is 279 g/mol. The molecule has 2 rings (SSSR count). The summed E-state index contributed by atoms with van der Waals surface area (Å²) in [5.74, 6) is -1.15. The van der Waals surface area contributed by atoms with E-state index in [-0.39, 0.29) is 30.2 Å². The van der Waals surface area contributed by atoms with E-state index in [1.54, 1.807) is 13.0 Å². The van der Waals surface area contributed by atoms with Gasteiger partial charge >= 0.3 is 5.97 Å². The van der Waals surface area contributed by atoms with Crippen molar-refractivity contribution in [1.29, 1.82) is 0 Å². The first-order valence-electron chi connectivity index (χ1n) is 6.74. The molecule has 5 heteroatoms. The molecule has 1 aliphatic carbocycles. The van der Waals surface area contributed by atoms with E-state index in [9.17, 15) is 14.0 Å². The molecule has 1 fully saturated rings. The Bertz CT molecular complexity index is 512. The fourth-order valence-corrected chi connectivity index (χ4v) is 2.21. The van der Waals surface area contributed by atoms with Crippen molar-refractivity contribution in [1.82, 2.24) is 5.32 Å². The Morgan fingerprint density at radius 1 is 1.40 bits per heavy atom. The van der Waals surface area contributed by atoms with Gasteiger partial charge in [-0.1, -0.05) is 12.1 Å². The molecule has 0 spiro atoms. The lowest BCUT2D eigenvalue weighted by molar-refractivity contribution is -0.145. The minimum absolute atomic E-state index is 0.174. The molecule has 1 amide bonds. The summed E-state index contributed by atoms with van der Waals surface area (Å²) in [6.45, 7) is 2.38. The molecule has 1 aromatic rings. The van der Waals surface area contributed by atoms with Crippen LogP contribution in [0, 0.1) is 5.82 Å². The molecule has 0 bridgehead atoms. The van der Waals surface area contributed by atoms with Crippen LogP contribution in [0.2, 0.25) is 0 Å². The van der Waals surface area contributed by atoms with Gasteiger partial charge in [0, 0.05) is 12.0 Å². The maximum absolute atomic E-state index is 13.2. The van der Waals surface area contributed by atoms with E-state index in [1.165, 1.54) is 12.1 Å². The van der Waals surface area contributed by atoms with Gasteiger partial charge in [-0.2, -0.15) is 0 Å². The molecular weight excluding hydrogens is 261 g/mol. The number of ether oxygens (including phenoxy) is 1. The molecule has 4 nitrogen and oxygen atoms in total. The van der Waals surface area contributed by atoms with E-state index in [4.69, 9.17) is 4.74 Å². The van der Waals surface area contributed by atoms with Gasteiger partial charge in [0.05, 0.1) is 6.61 Å². The number of benzene rings is 1. The average molecular weight is 279 g/mol. The highest BCUT2D eigenvalue weighted by atomic mass is 19.1. The van der Waals surface area contributed by atoms with Gasteiger partial charge in [0.15, 0.2) is 0 Å². The van der Waals surface area contributed by atoms with Gasteiger partial charge in [-0.25, -0.2) is 4.39 Å². The lowest BCUT2D eigenvalue weighted by atomic mass is 9.96. The number of hydrogen-bond acceptors (Lipinski definition) is 3. The summed E-state index contributed by atoms with van der Waals surface area (Å²) >= 11 is 0. The van der Waals surface area contributed by atoms with Crippen molar-refractivity contribution in [2.75, 3.05) is 13.2 Å². The smallest absolute Gasteiger partial charge is 0.315 e. The van der Waals surface area contributed by atoms with Crippen LogP contribution in [0.1, 0.15) is 31.7 Å². The van der Waals surface area contributed by atoms with Crippen LogP contribution in [0.4, 0.5) is 4.39 Å². The van der Waals surface area contributed by atoms with Crippen molar-refractivity contribution in [3.05, 3.63) is 35.6 Å². The van der Waals surface area contributed by atoms with Crippen LogP contribution < -0.4 is 5.32 Å². The zero-order chi connectivity index (χ0) is 14.6. The number of carbonyl (C=O) groups is 2. The van der Waals surface area contributed by atoms with Crippen molar-refractivity contribution < 1.29 is 18.7 Å². The SMILES string of the molecule is CCOC(=O)CC(=O)NCC1(c2cccc(F)c2)CC1. The van der Waals surface area contributed by atoms with Crippen LogP contribution in [0.15, 0.2) is 24.3 Å². The van der Waals surface area contributed by atoms with E-state index >= 15 is 0 Å². The van der Waals surface area contributed by atoms with Crippen LogP contribution in [0.5, 0.6) is 0 Å². The van der Waals surface area contributed by atoms with Gasteiger partial charge in [-0.05, 0) is 37.5 Å². The van der Waals surface area contributed by atoms with Crippen LogP contribution in [-0.2, 0) is 19.7 Å². The summed E-state index contributed by atoms with van der Waals surface area (Å²) in [6.07, 6.45) is 1.55. The van der Waals surface area contributed by atoms with Crippen LogP contribution >= 0.6 is 0 Å². The highest BCUT2D eigenvalue weighted by molar-refractivity contribution is 5.94. The van der Waals surface area contributed by atoms with Crippen LogP contribution in [0.25, 0.3) is 0 Å². The maximum atomic E-state index is 13.2. The molecule has 1 N–H and O–H groups in total. The predicted molar refractivity (Wildman–Crippen MR) is 71.6 cm³/mol. The lowest BCUT2D eigenvalue weighted by Crippen LogP contribution is -2.33. The fourth-order valence-electron chi connectivity index (χ4n) is 2.21. The van der Waals surface area contributed by atoms with Gasteiger partial charge < -0.3 is 10.1 Å². The molecule has 20 heavy (non-hydrogen) atoms. The van der Waals surface area contributed by atoms with Gasteiger partial charge in [-0.3, -0.25) is 9.59 Å². The van der Waals surface area contributed by atoms with E-state index in [0.29, 0.717) is 6.54 Å². The summed E-state index contributed by atoms with van der Waals surface area (Å²) in [5, 5.41) is 2.73. The Morgan fingerprint density at radius 3 is 2.75 bits per heavy atom. The highest BCUT2D eigenvalue weighted by Crippen LogP contribution is 2.47. The number of halogens is 1. The van der Waals surface area contributed by atoms with Crippen molar-refractivity contribution >= 4 is 11.9 Å². The Morgan fingerprint density at radius 2 is 2.15 bits per heavy atom. The molecule has 1 aliphatic rings. The molecular formula is C15H18FNO3. The number of rotatable bonds is 6. The second-order valence-electron chi connectivity index (χ2n) is 5.05. The first kappa shape index (κ1) is 14.5. The van der Waals surface area contributed by atoms with Crippen LogP contribution in [0.3, 0.4) is 0 Å². The number of esters is 1. The summed E-state index contributed by atoms with van der Waals surface area (Å²) in [6, 6.07) is 6.45. The van der Waals surface area contributed by atoms with Gasteiger partial charge in [0.1, 0.15) is 12.2 Å². The quantitative estimate of drug-likeness (QED) is 0.639. The van der Waals surface area contributed by atoms with E-state index in [1.807, 2.05) is 6.07 Å². The third-order valence-electron chi connectivity index (χ3n) is 3.52. The molecule has 0 saturated heterocycles. The molecule has 0 aromatic heterocycles. The minimum atomic E-state index is -0.527. The van der Waals surface area contributed by atoms with Gasteiger partial charge in [0.25, 0.3) is 0 Å². The molecule has 1 saturated carbocycles. The third-order valence-corrected chi connectivity index (χ3v) is 3.52. The van der Waals surface area contributed by atoms with E-state index < -0.39 is 5.97 Å². The van der Waals surface area contributed by atoms with Gasteiger partial charge in [0.2, 0.25) is 5.91 Å². The molecule has 0 radical (unpaired) electrons. The highest BCUT2D eigenvalue weighted by Gasteiger charge is 2.44. The number of hydrogen-bond donors (Lipinski definition) is 1. The van der Waals surface area contributed by atoms with Gasteiger partial charge in [-0.15, -0.1) is 0 Å². The largest absolute Gasteiger partial charge is 0.466 e. The summed E-state index contributed by atoms with van der Waals surface area (Å²) < 4.78 is 17.9. The summed E-state index contributed by atoms with van der Waals surface area (Å²) in [7, 11) is 0. The standard InChI is InChI=1S/C15H18FNO3/c1-2-20-14(19)9-13(18)17-10-15(6-7-15)11-4-3-5-12(16)8-11/h3-5,8H,2,6-7,9-10H2,1H3,(H,17,18). The molecule has 0 unspecified atom stereocenters. The van der Waals surface area contributed by atoms with Crippen molar-refractivity contribution in [2.45, 2.75) is 31.6 Å². The maximum Gasteiger partial charge on any atom is 0.315 e. The topological polar surface area (TPSA) is 55.4 Å². The summed E-state index contributed by atoms with van der Waals surface area (Å²) in [4.78, 5) is 22.8. The Hall–Kier alpha value is -1.91. The summed E-state index contributed by atoms with van der Waals surface area (Å²) in [5.41, 5.74) is 0.723. The normalized spacial score (nSPS) is 15.5. The Labute approximate surface area is 117 Å². The molecule has 108 valence electrons. The zero-order valence-corrected chi connectivity index (χ0v) is 11.4. The van der Waals surface area contributed by atoms with E-state index in [0.717, 1.165) is 18.4 Å². The zero-order valence-electron chi connectivity index (χ0n) is 11.4.